The number of hydrogen-bond acceptors (Lipinski definition) is 3. The second-order valence-electron chi connectivity index (χ2n) is 9.62. The normalized spacial score (nSPS) is 53.9. The van der Waals surface area contributed by atoms with E-state index in [1.165, 1.54) is 5.57 Å². The zero-order valence-corrected chi connectivity index (χ0v) is 15.3. The van der Waals surface area contributed by atoms with Gasteiger partial charge in [-0.05, 0) is 80.6 Å². The second-order valence-corrected chi connectivity index (χ2v) is 9.62. The van der Waals surface area contributed by atoms with Crippen molar-refractivity contribution in [3.8, 4) is 0 Å². The van der Waals surface area contributed by atoms with Crippen LogP contribution in [0.2, 0.25) is 0 Å². The van der Waals surface area contributed by atoms with Crippen molar-refractivity contribution in [1.29, 1.82) is 0 Å². The summed E-state index contributed by atoms with van der Waals surface area (Å²) in [4.78, 5) is 12.1. The first-order valence-electron chi connectivity index (χ1n) is 9.83. The predicted octanol–water partition coefficient (Wildman–Crippen LogP) is 3.49. The standard InChI is InChI=1S/C21H32O3/c1-13-10-15(23)11-14-4-5-16-17-7-9-20(3,24)19(17,2)8-6-18(16)21(13,14)12-22/h11,13,16-18,22,24H,4-10,12H2,1-3H3/t13-,16-,17-,18-,19-,20-,21-/m0/s1. The number of aliphatic hydroxyl groups is 2. The van der Waals surface area contributed by atoms with Crippen molar-refractivity contribution in [2.75, 3.05) is 6.61 Å². The Kier molecular flexibility index (Phi) is 3.61. The molecule has 3 heteroatoms. The van der Waals surface area contributed by atoms with E-state index >= 15 is 0 Å². The monoisotopic (exact) mass is 332 g/mol. The van der Waals surface area contributed by atoms with Crippen LogP contribution in [0.4, 0.5) is 0 Å². The van der Waals surface area contributed by atoms with E-state index in [9.17, 15) is 15.0 Å². The van der Waals surface area contributed by atoms with Crippen LogP contribution >= 0.6 is 0 Å². The van der Waals surface area contributed by atoms with Gasteiger partial charge < -0.3 is 10.2 Å². The van der Waals surface area contributed by atoms with Crippen molar-refractivity contribution in [3.05, 3.63) is 11.6 Å². The summed E-state index contributed by atoms with van der Waals surface area (Å²) in [5.74, 6) is 2.08. The van der Waals surface area contributed by atoms with Gasteiger partial charge in [-0.25, -0.2) is 0 Å². The lowest BCUT2D eigenvalue weighted by Crippen LogP contribution is -2.57. The van der Waals surface area contributed by atoms with Gasteiger partial charge in [0.05, 0.1) is 12.2 Å². The Morgan fingerprint density at radius 1 is 1.17 bits per heavy atom. The summed E-state index contributed by atoms with van der Waals surface area (Å²) in [5.41, 5.74) is 0.495. The minimum Gasteiger partial charge on any atom is -0.395 e. The van der Waals surface area contributed by atoms with Gasteiger partial charge in [0.25, 0.3) is 0 Å². The fraction of sp³-hybridized carbons (Fsp3) is 0.857. The Morgan fingerprint density at radius 2 is 1.88 bits per heavy atom. The van der Waals surface area contributed by atoms with Crippen LogP contribution in [0.1, 0.15) is 65.7 Å². The molecular weight excluding hydrogens is 300 g/mol. The summed E-state index contributed by atoms with van der Waals surface area (Å²) in [6.45, 7) is 6.67. The van der Waals surface area contributed by atoms with E-state index in [1.807, 2.05) is 13.0 Å². The highest BCUT2D eigenvalue weighted by molar-refractivity contribution is 5.92. The molecule has 0 spiro atoms. The number of aliphatic hydroxyl groups excluding tert-OH is 1. The van der Waals surface area contributed by atoms with Gasteiger partial charge in [0.15, 0.2) is 5.78 Å². The van der Waals surface area contributed by atoms with Crippen molar-refractivity contribution < 1.29 is 15.0 Å². The van der Waals surface area contributed by atoms with E-state index in [0.29, 0.717) is 24.2 Å². The van der Waals surface area contributed by atoms with Crippen molar-refractivity contribution >= 4 is 5.78 Å². The van der Waals surface area contributed by atoms with Gasteiger partial charge in [-0.1, -0.05) is 19.4 Å². The maximum Gasteiger partial charge on any atom is 0.155 e. The van der Waals surface area contributed by atoms with Gasteiger partial charge in [0.2, 0.25) is 0 Å². The molecule has 3 nitrogen and oxygen atoms in total. The van der Waals surface area contributed by atoms with E-state index < -0.39 is 5.60 Å². The molecule has 0 aromatic rings. The van der Waals surface area contributed by atoms with E-state index in [4.69, 9.17) is 0 Å². The largest absolute Gasteiger partial charge is 0.395 e. The molecule has 7 atom stereocenters. The number of hydrogen-bond donors (Lipinski definition) is 2. The van der Waals surface area contributed by atoms with Crippen molar-refractivity contribution in [1.82, 2.24) is 0 Å². The molecule has 4 rings (SSSR count). The Bertz CT molecular complexity index is 592. The summed E-state index contributed by atoms with van der Waals surface area (Å²) in [6.07, 6.45) is 8.64. The van der Waals surface area contributed by atoms with E-state index in [-0.39, 0.29) is 29.1 Å². The molecule has 0 saturated heterocycles. The quantitative estimate of drug-likeness (QED) is 0.773. The first kappa shape index (κ1) is 16.8. The smallest absolute Gasteiger partial charge is 0.155 e. The van der Waals surface area contributed by atoms with E-state index in [1.54, 1.807) is 0 Å². The van der Waals surface area contributed by atoms with Crippen LogP contribution in [0.15, 0.2) is 11.6 Å². The molecule has 3 fully saturated rings. The van der Waals surface area contributed by atoms with Crippen LogP contribution in [0.5, 0.6) is 0 Å². The molecule has 0 unspecified atom stereocenters. The zero-order chi connectivity index (χ0) is 17.3. The first-order chi connectivity index (χ1) is 11.3. The highest BCUT2D eigenvalue weighted by Crippen LogP contribution is 2.68. The van der Waals surface area contributed by atoms with Crippen molar-refractivity contribution in [2.24, 2.45) is 34.5 Å². The minimum absolute atomic E-state index is 0.0136. The SMILES string of the molecule is C[C@H]1CC(=O)C=C2CC[C@@H]3[C@H](CC[C@@]4(C)[C@H]3CC[C@]4(C)O)[C@]21CO. The lowest BCUT2D eigenvalue weighted by Gasteiger charge is -2.60. The fourth-order valence-electron chi connectivity index (χ4n) is 7.37. The van der Waals surface area contributed by atoms with Crippen LogP contribution < -0.4 is 0 Å². The Morgan fingerprint density at radius 3 is 2.58 bits per heavy atom. The summed E-state index contributed by atoms with van der Waals surface area (Å²) in [5, 5.41) is 21.5. The summed E-state index contributed by atoms with van der Waals surface area (Å²) < 4.78 is 0. The Hall–Kier alpha value is -0.670. The fourth-order valence-corrected chi connectivity index (χ4v) is 7.37. The van der Waals surface area contributed by atoms with Crippen molar-refractivity contribution in [3.63, 3.8) is 0 Å². The molecule has 134 valence electrons. The maximum atomic E-state index is 12.1. The number of carbonyl (C=O) groups is 1. The molecular formula is C21H32O3. The number of fused-ring (bicyclic) bond motifs is 5. The molecule has 0 aromatic heterocycles. The van der Waals surface area contributed by atoms with Gasteiger partial charge >= 0.3 is 0 Å². The Labute approximate surface area is 145 Å². The van der Waals surface area contributed by atoms with E-state index in [2.05, 4.69) is 13.8 Å². The molecule has 0 heterocycles. The topological polar surface area (TPSA) is 57.5 Å². The third kappa shape index (κ3) is 1.89. The lowest BCUT2D eigenvalue weighted by atomic mass is 9.44. The second kappa shape index (κ2) is 5.17. The third-order valence-electron chi connectivity index (χ3n) is 8.99. The van der Waals surface area contributed by atoms with Gasteiger partial charge in [-0.3, -0.25) is 4.79 Å². The van der Waals surface area contributed by atoms with E-state index in [0.717, 1.165) is 38.5 Å². The van der Waals surface area contributed by atoms with Gasteiger partial charge in [0.1, 0.15) is 0 Å². The van der Waals surface area contributed by atoms with Gasteiger partial charge in [-0.2, -0.15) is 0 Å². The number of carbonyl (C=O) groups excluding carboxylic acids is 1. The predicted molar refractivity (Wildman–Crippen MR) is 93.3 cm³/mol. The van der Waals surface area contributed by atoms with Gasteiger partial charge in [0, 0.05) is 11.8 Å². The maximum absolute atomic E-state index is 12.1. The Balaban J connectivity index is 1.75. The average molecular weight is 332 g/mol. The van der Waals surface area contributed by atoms with Crippen molar-refractivity contribution in [2.45, 2.75) is 71.3 Å². The number of rotatable bonds is 1. The molecule has 0 bridgehead atoms. The molecule has 0 radical (unpaired) electrons. The minimum atomic E-state index is -0.556. The van der Waals surface area contributed by atoms with Crippen LogP contribution in [-0.2, 0) is 4.79 Å². The average Bonchev–Trinajstić information content (AvgIpc) is 2.77. The third-order valence-corrected chi connectivity index (χ3v) is 8.99. The summed E-state index contributed by atoms with van der Waals surface area (Å²) >= 11 is 0. The zero-order valence-electron chi connectivity index (χ0n) is 15.3. The molecule has 0 aromatic carbocycles. The molecule has 2 N–H and O–H groups in total. The number of ketones is 1. The van der Waals surface area contributed by atoms with Crippen LogP contribution in [0, 0.1) is 34.5 Å². The highest BCUT2D eigenvalue weighted by atomic mass is 16.3. The molecule has 0 aliphatic heterocycles. The molecule has 4 aliphatic rings. The molecule has 3 saturated carbocycles. The summed E-state index contributed by atoms with van der Waals surface area (Å²) in [7, 11) is 0. The molecule has 0 amide bonds. The highest BCUT2D eigenvalue weighted by Gasteiger charge is 2.64. The lowest BCUT2D eigenvalue weighted by molar-refractivity contribution is -0.139. The molecule has 24 heavy (non-hydrogen) atoms. The first-order valence-corrected chi connectivity index (χ1v) is 9.83. The van der Waals surface area contributed by atoms with Crippen LogP contribution in [0.3, 0.4) is 0 Å². The van der Waals surface area contributed by atoms with Crippen LogP contribution in [-0.4, -0.2) is 28.2 Å². The van der Waals surface area contributed by atoms with Crippen LogP contribution in [0.25, 0.3) is 0 Å². The molecule has 4 aliphatic carbocycles. The summed E-state index contributed by atoms with van der Waals surface area (Å²) in [6, 6.07) is 0. The van der Waals surface area contributed by atoms with Gasteiger partial charge in [-0.15, -0.1) is 0 Å².